The van der Waals surface area contributed by atoms with E-state index in [-0.39, 0.29) is 12.6 Å². The number of thiazole rings is 1. The van der Waals surface area contributed by atoms with E-state index in [0.717, 1.165) is 16.3 Å². The lowest BCUT2D eigenvalue weighted by Crippen LogP contribution is -2.11. The van der Waals surface area contributed by atoms with Gasteiger partial charge in [-0.1, -0.05) is 6.07 Å². The molecule has 0 aliphatic heterocycles. The lowest BCUT2D eigenvalue weighted by atomic mass is 10.2. The minimum atomic E-state index is -0.371. The zero-order chi connectivity index (χ0) is 20.1. The van der Waals surface area contributed by atoms with Gasteiger partial charge in [0.05, 0.1) is 25.5 Å². The first-order valence-corrected chi connectivity index (χ1v) is 9.51. The first-order chi connectivity index (χ1) is 13.5. The molecule has 0 amide bonds. The SMILES string of the molecule is COc1ccc(-c2nc(COC(=O)c3cccc(N(C)C)c3)cs2)cc1OC. The normalized spacial score (nSPS) is 10.4. The van der Waals surface area contributed by atoms with Crippen molar-refractivity contribution >= 4 is 23.0 Å². The molecule has 1 heterocycles. The predicted molar refractivity (Wildman–Crippen MR) is 111 cm³/mol. The summed E-state index contributed by atoms with van der Waals surface area (Å²) in [6, 6.07) is 13.0. The van der Waals surface area contributed by atoms with Gasteiger partial charge in [-0.3, -0.25) is 0 Å². The maximum Gasteiger partial charge on any atom is 0.338 e. The molecule has 146 valence electrons. The predicted octanol–water partition coefficient (Wildman–Crippen LogP) is 4.25. The highest BCUT2D eigenvalue weighted by atomic mass is 32.1. The van der Waals surface area contributed by atoms with E-state index in [1.807, 2.05) is 54.7 Å². The molecular weight excluding hydrogens is 376 g/mol. The van der Waals surface area contributed by atoms with Crippen molar-refractivity contribution in [2.24, 2.45) is 0 Å². The molecule has 2 aromatic carbocycles. The van der Waals surface area contributed by atoms with Crippen LogP contribution < -0.4 is 14.4 Å². The van der Waals surface area contributed by atoms with Crippen molar-refractivity contribution in [3.05, 3.63) is 59.1 Å². The van der Waals surface area contributed by atoms with Crippen molar-refractivity contribution in [3.8, 4) is 22.1 Å². The molecule has 0 atom stereocenters. The second-order valence-electron chi connectivity index (χ2n) is 6.23. The highest BCUT2D eigenvalue weighted by molar-refractivity contribution is 7.13. The molecule has 0 bridgehead atoms. The van der Waals surface area contributed by atoms with E-state index in [9.17, 15) is 4.79 Å². The van der Waals surface area contributed by atoms with Crippen molar-refractivity contribution in [3.63, 3.8) is 0 Å². The Labute approximate surface area is 168 Å². The van der Waals surface area contributed by atoms with Crippen LogP contribution in [0.5, 0.6) is 11.5 Å². The van der Waals surface area contributed by atoms with Crippen LogP contribution in [0.4, 0.5) is 5.69 Å². The Morgan fingerprint density at radius 1 is 1.07 bits per heavy atom. The van der Waals surface area contributed by atoms with E-state index in [1.54, 1.807) is 26.4 Å². The second kappa shape index (κ2) is 8.75. The van der Waals surface area contributed by atoms with Crippen LogP contribution in [-0.4, -0.2) is 39.3 Å². The number of anilines is 1. The molecule has 0 N–H and O–H groups in total. The number of hydrogen-bond acceptors (Lipinski definition) is 7. The zero-order valence-electron chi connectivity index (χ0n) is 16.3. The van der Waals surface area contributed by atoms with E-state index in [0.29, 0.717) is 22.8 Å². The van der Waals surface area contributed by atoms with Gasteiger partial charge in [0, 0.05) is 30.7 Å². The molecule has 1 aromatic heterocycles. The lowest BCUT2D eigenvalue weighted by molar-refractivity contribution is 0.0468. The number of esters is 1. The van der Waals surface area contributed by atoms with Crippen molar-refractivity contribution < 1.29 is 19.0 Å². The summed E-state index contributed by atoms with van der Waals surface area (Å²) in [6.45, 7) is 0.120. The van der Waals surface area contributed by atoms with Crippen LogP contribution in [0.25, 0.3) is 10.6 Å². The number of aromatic nitrogens is 1. The minimum absolute atomic E-state index is 0.120. The van der Waals surface area contributed by atoms with Crippen LogP contribution in [0.1, 0.15) is 16.1 Å². The van der Waals surface area contributed by atoms with Gasteiger partial charge in [0.1, 0.15) is 11.6 Å². The van der Waals surface area contributed by atoms with Crippen LogP contribution in [0, 0.1) is 0 Å². The number of nitrogens with zero attached hydrogens (tertiary/aromatic N) is 2. The molecule has 0 aliphatic carbocycles. The zero-order valence-corrected chi connectivity index (χ0v) is 17.1. The Morgan fingerprint density at radius 2 is 1.86 bits per heavy atom. The van der Waals surface area contributed by atoms with Gasteiger partial charge in [-0.15, -0.1) is 11.3 Å². The number of hydrogen-bond donors (Lipinski definition) is 0. The van der Waals surface area contributed by atoms with Crippen molar-refractivity contribution in [1.82, 2.24) is 4.98 Å². The van der Waals surface area contributed by atoms with Gasteiger partial charge in [-0.2, -0.15) is 0 Å². The van der Waals surface area contributed by atoms with Crippen LogP contribution >= 0.6 is 11.3 Å². The Morgan fingerprint density at radius 3 is 2.57 bits per heavy atom. The number of methoxy groups -OCH3 is 2. The molecule has 0 aliphatic rings. The highest BCUT2D eigenvalue weighted by Gasteiger charge is 2.12. The van der Waals surface area contributed by atoms with Crippen molar-refractivity contribution in [2.45, 2.75) is 6.61 Å². The molecule has 6 nitrogen and oxygen atoms in total. The third-order valence-electron chi connectivity index (χ3n) is 4.13. The van der Waals surface area contributed by atoms with Gasteiger partial charge in [-0.25, -0.2) is 9.78 Å². The summed E-state index contributed by atoms with van der Waals surface area (Å²) in [5.74, 6) is 0.935. The summed E-state index contributed by atoms with van der Waals surface area (Å²) in [7, 11) is 7.05. The van der Waals surface area contributed by atoms with E-state index in [4.69, 9.17) is 14.2 Å². The van der Waals surface area contributed by atoms with Crippen molar-refractivity contribution in [1.29, 1.82) is 0 Å². The quantitative estimate of drug-likeness (QED) is 0.555. The molecule has 0 fully saturated rings. The summed E-state index contributed by atoms with van der Waals surface area (Å²) in [4.78, 5) is 18.8. The fraction of sp³-hybridized carbons (Fsp3) is 0.238. The van der Waals surface area contributed by atoms with E-state index in [2.05, 4.69) is 4.98 Å². The largest absolute Gasteiger partial charge is 0.493 e. The summed E-state index contributed by atoms with van der Waals surface area (Å²) < 4.78 is 16.0. The fourth-order valence-electron chi connectivity index (χ4n) is 2.61. The van der Waals surface area contributed by atoms with Gasteiger partial charge in [0.2, 0.25) is 0 Å². The molecule has 0 saturated heterocycles. The Hall–Kier alpha value is -3.06. The van der Waals surface area contributed by atoms with Crippen LogP contribution in [-0.2, 0) is 11.3 Å². The van der Waals surface area contributed by atoms with Crippen LogP contribution in [0.3, 0.4) is 0 Å². The number of carbonyl (C=O) groups excluding carboxylic acids is 1. The Kier molecular flexibility index (Phi) is 6.16. The first-order valence-electron chi connectivity index (χ1n) is 8.63. The second-order valence-corrected chi connectivity index (χ2v) is 7.09. The van der Waals surface area contributed by atoms with Crippen LogP contribution in [0.2, 0.25) is 0 Å². The highest BCUT2D eigenvalue weighted by Crippen LogP contribution is 2.33. The Balaban J connectivity index is 1.68. The molecule has 0 saturated carbocycles. The summed E-state index contributed by atoms with van der Waals surface area (Å²) in [5, 5.41) is 2.71. The molecule has 3 rings (SSSR count). The molecule has 0 radical (unpaired) electrons. The molecule has 0 spiro atoms. The molecule has 7 heteroatoms. The number of rotatable bonds is 7. The van der Waals surface area contributed by atoms with Gasteiger partial charge >= 0.3 is 5.97 Å². The first kappa shape index (κ1) is 19.7. The van der Waals surface area contributed by atoms with Crippen molar-refractivity contribution in [2.75, 3.05) is 33.2 Å². The monoisotopic (exact) mass is 398 g/mol. The van der Waals surface area contributed by atoms with Gasteiger partial charge < -0.3 is 19.1 Å². The molecule has 0 unspecified atom stereocenters. The van der Waals surface area contributed by atoms with Gasteiger partial charge in [-0.05, 0) is 36.4 Å². The van der Waals surface area contributed by atoms with Gasteiger partial charge in [0.25, 0.3) is 0 Å². The van der Waals surface area contributed by atoms with E-state index < -0.39 is 0 Å². The molecule has 28 heavy (non-hydrogen) atoms. The Bertz CT molecular complexity index is 969. The smallest absolute Gasteiger partial charge is 0.338 e. The van der Waals surface area contributed by atoms with Gasteiger partial charge in [0.15, 0.2) is 11.5 Å². The van der Waals surface area contributed by atoms with Crippen LogP contribution in [0.15, 0.2) is 47.8 Å². The summed E-state index contributed by atoms with van der Waals surface area (Å²) in [6.07, 6.45) is 0. The maximum absolute atomic E-state index is 12.3. The lowest BCUT2D eigenvalue weighted by Gasteiger charge is -2.13. The summed E-state index contributed by atoms with van der Waals surface area (Å²) in [5.41, 5.74) is 3.08. The average molecular weight is 398 g/mol. The number of benzene rings is 2. The third kappa shape index (κ3) is 4.43. The fourth-order valence-corrected chi connectivity index (χ4v) is 3.41. The average Bonchev–Trinajstić information content (AvgIpc) is 3.20. The number of carbonyl (C=O) groups is 1. The van der Waals surface area contributed by atoms with E-state index >= 15 is 0 Å². The van der Waals surface area contributed by atoms with E-state index in [1.165, 1.54) is 11.3 Å². The number of ether oxygens (including phenoxy) is 3. The molecular formula is C21H22N2O4S. The topological polar surface area (TPSA) is 60.9 Å². The molecule has 3 aromatic rings. The minimum Gasteiger partial charge on any atom is -0.493 e. The third-order valence-corrected chi connectivity index (χ3v) is 5.07. The maximum atomic E-state index is 12.3. The summed E-state index contributed by atoms with van der Waals surface area (Å²) >= 11 is 1.48. The standard InChI is InChI=1S/C21H22N2O4S/c1-23(2)17-7-5-6-15(10-17)21(24)27-12-16-13-28-20(22-16)14-8-9-18(25-3)19(11-14)26-4/h5-11,13H,12H2,1-4H3.